The van der Waals surface area contributed by atoms with E-state index in [4.69, 9.17) is 9.47 Å². The van der Waals surface area contributed by atoms with Crippen LogP contribution in [0.4, 0.5) is 0 Å². The Labute approximate surface area is 228 Å². The molecule has 5 rings (SSSR count). The molecular weight excluding hydrogens is 532 g/mol. The molecule has 0 radical (unpaired) electrons. The molecule has 3 heterocycles. The van der Waals surface area contributed by atoms with Gasteiger partial charge in [0.15, 0.2) is 5.76 Å². The molecule has 1 amide bonds. The van der Waals surface area contributed by atoms with Crippen LogP contribution in [-0.4, -0.2) is 59.3 Å². The van der Waals surface area contributed by atoms with E-state index >= 15 is 0 Å². The molecule has 7 heteroatoms. The molecule has 2 fully saturated rings. The van der Waals surface area contributed by atoms with E-state index in [2.05, 4.69) is 33.0 Å². The Kier molecular flexibility index (Phi) is 8.98. The fourth-order valence-electron chi connectivity index (χ4n) is 5.66. The van der Waals surface area contributed by atoms with Crippen molar-refractivity contribution < 1.29 is 19.4 Å². The molecule has 2 aromatic carbocycles. The lowest BCUT2D eigenvalue weighted by atomic mass is 9.92. The van der Waals surface area contributed by atoms with Gasteiger partial charge < -0.3 is 24.4 Å². The Morgan fingerprint density at radius 1 is 0.946 bits per heavy atom. The van der Waals surface area contributed by atoms with Gasteiger partial charge in [0.1, 0.15) is 0 Å². The zero-order valence-corrected chi connectivity index (χ0v) is 22.9. The van der Waals surface area contributed by atoms with Crippen LogP contribution in [0.5, 0.6) is 0 Å². The van der Waals surface area contributed by atoms with Crippen molar-refractivity contribution in [1.29, 1.82) is 0 Å². The van der Waals surface area contributed by atoms with Crippen LogP contribution < -0.4 is 0 Å². The minimum atomic E-state index is -0.513. The predicted octanol–water partition coefficient (Wildman–Crippen LogP) is 5.35. The first kappa shape index (κ1) is 26.4. The van der Waals surface area contributed by atoms with Crippen molar-refractivity contribution >= 4 is 21.8 Å². The molecule has 1 N–H and O–H groups in total. The largest absolute Gasteiger partial charge is 0.459 e. The number of nitrogens with zero attached hydrogens (tertiary/aromatic N) is 2. The number of amides is 1. The van der Waals surface area contributed by atoms with Crippen LogP contribution in [0.3, 0.4) is 0 Å². The summed E-state index contributed by atoms with van der Waals surface area (Å²) in [4.78, 5) is 18.2. The number of allylic oxidation sites excluding steroid dienone is 1. The van der Waals surface area contributed by atoms with Crippen molar-refractivity contribution in [3.63, 3.8) is 0 Å². The Balaban J connectivity index is 1.26. The van der Waals surface area contributed by atoms with Crippen LogP contribution >= 0.6 is 15.9 Å². The Bertz CT molecular complexity index is 1060. The van der Waals surface area contributed by atoms with Crippen molar-refractivity contribution in [3.8, 4) is 0 Å². The molecule has 0 spiro atoms. The predicted molar refractivity (Wildman–Crippen MR) is 147 cm³/mol. The molecule has 6 nitrogen and oxygen atoms in total. The lowest BCUT2D eigenvalue weighted by Crippen LogP contribution is -2.49. The molecule has 3 aliphatic rings. The summed E-state index contributed by atoms with van der Waals surface area (Å²) in [6.07, 6.45) is 8.10. The van der Waals surface area contributed by atoms with Crippen molar-refractivity contribution in [2.45, 2.75) is 70.0 Å². The third-order valence-electron chi connectivity index (χ3n) is 7.87. The maximum atomic E-state index is 13.6. The number of halogens is 1. The quantitative estimate of drug-likeness (QED) is 0.488. The van der Waals surface area contributed by atoms with Gasteiger partial charge in [-0.3, -0.25) is 4.79 Å². The highest BCUT2D eigenvalue weighted by Gasteiger charge is 2.33. The fraction of sp³-hybridized carbons (Fsp3) is 0.500. The maximum Gasteiger partial charge on any atom is 0.288 e. The van der Waals surface area contributed by atoms with Crippen molar-refractivity contribution in [2.75, 3.05) is 26.2 Å². The molecule has 0 unspecified atom stereocenters. The van der Waals surface area contributed by atoms with Crippen LogP contribution in [0.2, 0.25) is 0 Å². The number of benzene rings is 2. The molecule has 3 aliphatic heterocycles. The number of likely N-dealkylation sites (tertiary alicyclic amines) is 2. The van der Waals surface area contributed by atoms with Gasteiger partial charge in [-0.05, 0) is 73.7 Å². The SMILES string of the molecule is O=C(C1=C[C@@H](c2ccc(Br)cc2)C[C@@H](OCc2ccc(CO)cc2)O1)N1CCC(N2CCCCC2)CC1. The number of piperidine rings is 2. The summed E-state index contributed by atoms with van der Waals surface area (Å²) in [6.45, 7) is 4.34. The first-order chi connectivity index (χ1) is 18.1. The zero-order valence-electron chi connectivity index (χ0n) is 21.4. The average Bonchev–Trinajstić information content (AvgIpc) is 2.97. The number of carbonyl (C=O) groups is 1. The number of aliphatic hydroxyl groups is 1. The van der Waals surface area contributed by atoms with E-state index in [1.54, 1.807) is 0 Å². The van der Waals surface area contributed by atoms with Crippen LogP contribution in [0, 0.1) is 0 Å². The summed E-state index contributed by atoms with van der Waals surface area (Å²) in [5.41, 5.74) is 3.01. The van der Waals surface area contributed by atoms with Crippen LogP contribution in [-0.2, 0) is 27.5 Å². The molecule has 2 saturated heterocycles. The first-order valence-electron chi connectivity index (χ1n) is 13.6. The topological polar surface area (TPSA) is 62.2 Å². The van der Waals surface area contributed by atoms with Gasteiger partial charge in [0, 0.05) is 35.9 Å². The van der Waals surface area contributed by atoms with Crippen molar-refractivity contribution in [3.05, 3.63) is 81.5 Å². The molecule has 0 aromatic heterocycles. The van der Waals surface area contributed by atoms with Gasteiger partial charge in [-0.1, -0.05) is 58.7 Å². The summed E-state index contributed by atoms with van der Waals surface area (Å²) < 4.78 is 13.4. The summed E-state index contributed by atoms with van der Waals surface area (Å²) in [5, 5.41) is 9.29. The van der Waals surface area contributed by atoms with Crippen LogP contribution in [0.15, 0.2) is 64.8 Å². The van der Waals surface area contributed by atoms with Gasteiger partial charge in [0.05, 0.1) is 13.2 Å². The van der Waals surface area contributed by atoms with Gasteiger partial charge in [0.25, 0.3) is 5.91 Å². The lowest BCUT2D eigenvalue weighted by Gasteiger charge is -2.40. The van der Waals surface area contributed by atoms with Gasteiger partial charge in [0.2, 0.25) is 6.29 Å². The van der Waals surface area contributed by atoms with E-state index < -0.39 is 6.29 Å². The molecule has 0 bridgehead atoms. The van der Waals surface area contributed by atoms with E-state index in [1.807, 2.05) is 47.4 Å². The number of ether oxygens (including phenoxy) is 2. The number of hydrogen-bond acceptors (Lipinski definition) is 5. The zero-order chi connectivity index (χ0) is 25.6. The standard InChI is InChI=1S/C30H37BrN2O4/c31-26-10-8-24(9-11-26)25-18-28(37-29(19-25)36-21-23-6-4-22(20-34)5-7-23)30(35)33-16-12-27(13-17-33)32-14-2-1-3-15-32/h4-11,18,25,27,29,34H,1-3,12-17,19-21H2/t25-,29+/m1/s1. The molecule has 0 saturated carbocycles. The second kappa shape index (κ2) is 12.6. The Hall–Kier alpha value is -2.19. The molecule has 0 aliphatic carbocycles. The molecule has 2 atom stereocenters. The summed E-state index contributed by atoms with van der Waals surface area (Å²) in [5.74, 6) is 0.407. The third kappa shape index (κ3) is 6.82. The normalized spacial score (nSPS) is 23.4. The maximum absolute atomic E-state index is 13.6. The van der Waals surface area contributed by atoms with Gasteiger partial charge in [-0.2, -0.15) is 0 Å². The lowest BCUT2D eigenvalue weighted by molar-refractivity contribution is -0.157. The number of carbonyl (C=O) groups excluding carboxylic acids is 1. The van der Waals surface area contributed by atoms with Crippen molar-refractivity contribution in [2.24, 2.45) is 0 Å². The van der Waals surface area contributed by atoms with Crippen molar-refractivity contribution in [1.82, 2.24) is 9.80 Å². The van der Waals surface area contributed by atoms with E-state index in [-0.39, 0.29) is 18.4 Å². The Morgan fingerprint density at radius 3 is 2.30 bits per heavy atom. The highest BCUT2D eigenvalue weighted by atomic mass is 79.9. The number of rotatable bonds is 7. The highest BCUT2D eigenvalue weighted by molar-refractivity contribution is 9.10. The van der Waals surface area contributed by atoms with E-state index in [0.717, 1.165) is 47.1 Å². The third-order valence-corrected chi connectivity index (χ3v) is 8.40. The minimum Gasteiger partial charge on any atom is -0.459 e. The fourth-order valence-corrected chi connectivity index (χ4v) is 5.92. The molecular formula is C30H37BrN2O4. The second-order valence-corrected chi connectivity index (χ2v) is 11.3. The second-order valence-electron chi connectivity index (χ2n) is 10.4. The highest BCUT2D eigenvalue weighted by Crippen LogP contribution is 2.33. The molecule has 37 heavy (non-hydrogen) atoms. The van der Waals surface area contributed by atoms with Gasteiger partial charge in [-0.25, -0.2) is 0 Å². The number of hydrogen-bond donors (Lipinski definition) is 1. The average molecular weight is 570 g/mol. The van der Waals surface area contributed by atoms with Crippen LogP contribution in [0.25, 0.3) is 0 Å². The smallest absolute Gasteiger partial charge is 0.288 e. The minimum absolute atomic E-state index is 0.0211. The van der Waals surface area contributed by atoms with Gasteiger partial charge >= 0.3 is 0 Å². The van der Waals surface area contributed by atoms with E-state index in [0.29, 0.717) is 24.8 Å². The first-order valence-corrected chi connectivity index (χ1v) is 14.4. The van der Waals surface area contributed by atoms with Gasteiger partial charge in [-0.15, -0.1) is 0 Å². The van der Waals surface area contributed by atoms with E-state index in [1.165, 1.54) is 32.4 Å². The van der Waals surface area contributed by atoms with E-state index in [9.17, 15) is 9.90 Å². The van der Waals surface area contributed by atoms with Crippen LogP contribution in [0.1, 0.15) is 61.1 Å². The summed E-state index contributed by atoms with van der Waals surface area (Å²) in [6, 6.07) is 16.5. The summed E-state index contributed by atoms with van der Waals surface area (Å²) in [7, 11) is 0. The Morgan fingerprint density at radius 2 is 1.62 bits per heavy atom. The number of aliphatic hydroxyl groups excluding tert-OH is 1. The monoisotopic (exact) mass is 568 g/mol. The molecule has 198 valence electrons. The summed E-state index contributed by atoms with van der Waals surface area (Å²) >= 11 is 3.52. The molecule has 2 aromatic rings.